The number of ether oxygens (including phenoxy) is 4. The van der Waals surface area contributed by atoms with E-state index in [1.54, 1.807) is 0 Å². The Bertz CT molecular complexity index is 1620. The molecule has 0 aromatic heterocycles. The first kappa shape index (κ1) is 80.1. The summed E-state index contributed by atoms with van der Waals surface area (Å²) in [5, 5.41) is 10.5. The third-order valence-electron chi connectivity index (χ3n) is 14.8. The Morgan fingerprint density at radius 1 is 0.354 bits per heavy atom. The molecule has 6 atom stereocenters. The average molecular weight is 1210 g/mol. The molecule has 17 nitrogen and oxygen atoms in total. The van der Waals surface area contributed by atoms with Crippen molar-refractivity contribution in [2.45, 2.75) is 330 Å². The molecule has 3 N–H and O–H groups in total. The molecule has 82 heavy (non-hydrogen) atoms. The van der Waals surface area contributed by atoms with Crippen molar-refractivity contribution in [3.05, 3.63) is 0 Å². The van der Waals surface area contributed by atoms with Crippen LogP contribution in [-0.2, 0) is 65.4 Å². The predicted octanol–water partition coefficient (Wildman–Crippen LogP) is 17.3. The molecule has 0 saturated heterocycles. The second kappa shape index (κ2) is 55.6. The highest BCUT2D eigenvalue weighted by molar-refractivity contribution is 7.47. The van der Waals surface area contributed by atoms with Crippen molar-refractivity contribution in [2.24, 2.45) is 11.8 Å². The van der Waals surface area contributed by atoms with Crippen molar-refractivity contribution in [1.82, 2.24) is 0 Å². The zero-order valence-electron chi connectivity index (χ0n) is 52.8. The SMILES string of the molecule is CCCCCCCCCCCCCCCCC(=O)O[C@H](COC(=O)CCCCCCCCCCC(C)CC)COP(=O)(O)OC[C@@H](O)COP(=O)(O)OC[C@@H](COC(=O)CCCCCCC)OC(=O)CCCCCCCCCCC(C)C. The fourth-order valence-corrected chi connectivity index (χ4v) is 10.9. The largest absolute Gasteiger partial charge is 0.472 e. The molecular weight excluding hydrogens is 1090 g/mol. The minimum Gasteiger partial charge on any atom is -0.462 e. The van der Waals surface area contributed by atoms with E-state index in [0.717, 1.165) is 108 Å². The molecule has 0 fully saturated rings. The van der Waals surface area contributed by atoms with Gasteiger partial charge in [0.2, 0.25) is 0 Å². The van der Waals surface area contributed by atoms with Crippen LogP contribution in [0.25, 0.3) is 0 Å². The van der Waals surface area contributed by atoms with Gasteiger partial charge in [-0.15, -0.1) is 0 Å². The van der Waals surface area contributed by atoms with E-state index in [4.69, 9.17) is 37.0 Å². The first-order chi connectivity index (χ1) is 39.4. The fraction of sp³-hybridized carbons (Fsp3) is 0.937. The van der Waals surface area contributed by atoms with Crippen molar-refractivity contribution in [1.29, 1.82) is 0 Å². The Labute approximate surface area is 498 Å². The van der Waals surface area contributed by atoms with Gasteiger partial charge in [-0.3, -0.25) is 37.3 Å². The summed E-state index contributed by atoms with van der Waals surface area (Å²) >= 11 is 0. The van der Waals surface area contributed by atoms with Gasteiger partial charge < -0.3 is 33.8 Å². The maximum Gasteiger partial charge on any atom is 0.472 e. The lowest BCUT2D eigenvalue weighted by molar-refractivity contribution is -0.161. The third-order valence-corrected chi connectivity index (χ3v) is 16.7. The zero-order chi connectivity index (χ0) is 60.8. The highest BCUT2D eigenvalue weighted by Gasteiger charge is 2.30. The summed E-state index contributed by atoms with van der Waals surface area (Å²) in [6.45, 7) is 9.36. The molecular formula is C63H122O17P2. The van der Waals surface area contributed by atoms with Gasteiger partial charge in [-0.1, -0.05) is 260 Å². The zero-order valence-corrected chi connectivity index (χ0v) is 54.6. The summed E-state index contributed by atoms with van der Waals surface area (Å²) < 4.78 is 67.8. The molecule has 0 rings (SSSR count). The number of rotatable bonds is 62. The maximum absolute atomic E-state index is 13.0. The monoisotopic (exact) mass is 1210 g/mol. The number of aliphatic hydroxyl groups excluding tert-OH is 1. The predicted molar refractivity (Wildman–Crippen MR) is 326 cm³/mol. The lowest BCUT2D eigenvalue weighted by atomic mass is 9.99. The molecule has 0 aromatic carbocycles. The number of unbranched alkanes of at least 4 members (excludes halogenated alkanes) is 31. The van der Waals surface area contributed by atoms with Crippen LogP contribution in [0.5, 0.6) is 0 Å². The number of phosphoric acid groups is 2. The lowest BCUT2D eigenvalue weighted by Gasteiger charge is -2.21. The molecule has 0 heterocycles. The van der Waals surface area contributed by atoms with Crippen molar-refractivity contribution in [2.75, 3.05) is 39.6 Å². The highest BCUT2D eigenvalue weighted by atomic mass is 31.2. The van der Waals surface area contributed by atoms with E-state index in [9.17, 15) is 43.2 Å². The van der Waals surface area contributed by atoms with Gasteiger partial charge in [0.05, 0.1) is 26.4 Å². The number of aliphatic hydroxyl groups is 1. The molecule has 0 saturated carbocycles. The van der Waals surface area contributed by atoms with E-state index in [-0.39, 0.29) is 25.7 Å². The van der Waals surface area contributed by atoms with Crippen LogP contribution in [0, 0.1) is 11.8 Å². The van der Waals surface area contributed by atoms with Crippen LogP contribution in [0.15, 0.2) is 0 Å². The molecule has 0 aliphatic heterocycles. The number of carbonyl (C=O) groups is 4. The van der Waals surface area contributed by atoms with Gasteiger partial charge in [0, 0.05) is 25.7 Å². The number of phosphoric ester groups is 2. The van der Waals surface area contributed by atoms with Gasteiger partial charge in [-0.2, -0.15) is 0 Å². The summed E-state index contributed by atoms with van der Waals surface area (Å²) in [6, 6.07) is 0. The van der Waals surface area contributed by atoms with Crippen LogP contribution < -0.4 is 0 Å². The number of hydrogen-bond acceptors (Lipinski definition) is 15. The lowest BCUT2D eigenvalue weighted by Crippen LogP contribution is -2.30. The van der Waals surface area contributed by atoms with E-state index in [1.807, 2.05) is 0 Å². The van der Waals surface area contributed by atoms with E-state index < -0.39 is 97.5 Å². The van der Waals surface area contributed by atoms with Crippen molar-refractivity contribution in [3.8, 4) is 0 Å². The second-order valence-electron chi connectivity index (χ2n) is 23.5. The van der Waals surface area contributed by atoms with Crippen LogP contribution in [0.2, 0.25) is 0 Å². The molecule has 0 aromatic rings. The fourth-order valence-electron chi connectivity index (χ4n) is 9.32. The number of esters is 4. The first-order valence-corrected chi connectivity index (χ1v) is 36.0. The molecule has 486 valence electrons. The second-order valence-corrected chi connectivity index (χ2v) is 26.4. The minimum atomic E-state index is -4.94. The molecule has 0 radical (unpaired) electrons. The van der Waals surface area contributed by atoms with Crippen LogP contribution in [0.1, 0.15) is 311 Å². The third kappa shape index (κ3) is 55.9. The van der Waals surface area contributed by atoms with Crippen LogP contribution in [0.4, 0.5) is 0 Å². The van der Waals surface area contributed by atoms with Gasteiger partial charge in [0.1, 0.15) is 19.3 Å². The topological polar surface area (TPSA) is 237 Å². The van der Waals surface area contributed by atoms with Gasteiger partial charge in [-0.05, 0) is 37.5 Å². The molecule has 0 aliphatic carbocycles. The molecule has 19 heteroatoms. The summed E-state index contributed by atoms with van der Waals surface area (Å²) in [4.78, 5) is 71.9. The molecule has 0 spiro atoms. The Morgan fingerprint density at radius 2 is 0.622 bits per heavy atom. The Balaban J connectivity index is 5.19. The summed E-state index contributed by atoms with van der Waals surface area (Å²) in [7, 11) is -9.88. The smallest absolute Gasteiger partial charge is 0.462 e. The molecule has 0 amide bonds. The molecule has 0 bridgehead atoms. The molecule has 3 unspecified atom stereocenters. The van der Waals surface area contributed by atoms with Gasteiger partial charge in [0.25, 0.3) is 0 Å². The normalized spacial score (nSPS) is 14.7. The Hall–Kier alpha value is -1.94. The summed E-state index contributed by atoms with van der Waals surface area (Å²) in [6.07, 6.45) is 37.9. The number of carbonyl (C=O) groups excluding carboxylic acids is 4. The average Bonchev–Trinajstić information content (AvgIpc) is 3.46. The van der Waals surface area contributed by atoms with Crippen LogP contribution in [-0.4, -0.2) is 96.7 Å². The van der Waals surface area contributed by atoms with Gasteiger partial charge in [-0.25, -0.2) is 9.13 Å². The summed E-state index contributed by atoms with van der Waals surface area (Å²) in [5.41, 5.74) is 0. The van der Waals surface area contributed by atoms with E-state index in [2.05, 4.69) is 41.5 Å². The maximum atomic E-state index is 13.0. The van der Waals surface area contributed by atoms with Crippen molar-refractivity contribution < 1.29 is 80.2 Å². The quantitative estimate of drug-likeness (QED) is 0.0222. The highest BCUT2D eigenvalue weighted by Crippen LogP contribution is 2.45. The van der Waals surface area contributed by atoms with Gasteiger partial charge >= 0.3 is 39.5 Å². The van der Waals surface area contributed by atoms with E-state index in [0.29, 0.717) is 25.7 Å². The van der Waals surface area contributed by atoms with E-state index in [1.165, 1.54) is 122 Å². The van der Waals surface area contributed by atoms with Crippen molar-refractivity contribution in [3.63, 3.8) is 0 Å². The Kier molecular flexibility index (Phi) is 54.3. The van der Waals surface area contributed by atoms with Crippen molar-refractivity contribution >= 4 is 39.5 Å². The minimum absolute atomic E-state index is 0.103. The van der Waals surface area contributed by atoms with Crippen LogP contribution >= 0.6 is 15.6 Å². The number of hydrogen-bond donors (Lipinski definition) is 3. The summed E-state index contributed by atoms with van der Waals surface area (Å²) in [5.74, 6) is -0.650. The van der Waals surface area contributed by atoms with Crippen LogP contribution in [0.3, 0.4) is 0 Å². The molecule has 0 aliphatic rings. The first-order valence-electron chi connectivity index (χ1n) is 33.0. The Morgan fingerprint density at radius 3 is 0.927 bits per heavy atom. The van der Waals surface area contributed by atoms with E-state index >= 15 is 0 Å². The van der Waals surface area contributed by atoms with Gasteiger partial charge in [0.15, 0.2) is 12.2 Å². The standard InChI is InChI=1S/C63H122O17P2/c1-7-10-12-14-15-16-17-18-19-20-21-29-35-41-47-62(67)80-59(52-74-61(66)46-40-34-28-25-23-27-33-38-44-56(6)9-3)54-78-82(71,72)76-50-57(64)49-75-81(69,70)77-53-58(51-73-60(65)45-39-31-13-11-8-2)79-63(68)48-42-36-30-24-22-26-32-37-43-55(4)5/h55-59,64H,7-54H2,1-6H3,(H,69,70)(H,71,72)/t56?,57-,58+,59+/m0/s1.